The molecule has 1 atom stereocenters. The van der Waals surface area contributed by atoms with Crippen molar-refractivity contribution < 1.29 is 26.7 Å². The predicted octanol–water partition coefficient (Wildman–Crippen LogP) is 0.470. The standard InChI is InChI=1S/C9H11F3N2O3S/c10-9(11,12)8(15)5-14-18(16,17)7-3-1-6(13)2-4-7/h1-4,8,14-15H,5,13H2. The van der Waals surface area contributed by atoms with Crippen LogP contribution in [0.3, 0.4) is 0 Å². The number of hydrogen-bond acceptors (Lipinski definition) is 4. The van der Waals surface area contributed by atoms with Crippen molar-refractivity contribution in [1.82, 2.24) is 4.72 Å². The van der Waals surface area contributed by atoms with Crippen LogP contribution in [-0.2, 0) is 10.0 Å². The molecular weight excluding hydrogens is 273 g/mol. The molecule has 0 heterocycles. The molecule has 0 saturated heterocycles. The van der Waals surface area contributed by atoms with Gasteiger partial charge in [0.2, 0.25) is 10.0 Å². The van der Waals surface area contributed by atoms with Crippen molar-refractivity contribution in [2.24, 2.45) is 0 Å². The lowest BCUT2D eigenvalue weighted by Gasteiger charge is -2.15. The fraction of sp³-hybridized carbons (Fsp3) is 0.333. The molecule has 1 unspecified atom stereocenters. The maximum Gasteiger partial charge on any atom is 0.415 e. The number of halogens is 3. The van der Waals surface area contributed by atoms with Crippen LogP contribution in [0.5, 0.6) is 0 Å². The van der Waals surface area contributed by atoms with Gasteiger partial charge in [-0.15, -0.1) is 0 Å². The number of rotatable bonds is 4. The smallest absolute Gasteiger partial charge is 0.399 e. The van der Waals surface area contributed by atoms with Crippen molar-refractivity contribution in [1.29, 1.82) is 0 Å². The van der Waals surface area contributed by atoms with Crippen LogP contribution in [0.25, 0.3) is 0 Å². The second-order valence-electron chi connectivity index (χ2n) is 3.48. The van der Waals surface area contributed by atoms with Gasteiger partial charge in [0, 0.05) is 12.2 Å². The molecular formula is C9H11F3N2O3S. The van der Waals surface area contributed by atoms with E-state index in [1.807, 2.05) is 0 Å². The first-order valence-corrected chi connectivity index (χ1v) is 6.21. The average molecular weight is 284 g/mol. The van der Waals surface area contributed by atoms with E-state index < -0.39 is 28.8 Å². The van der Waals surface area contributed by atoms with Crippen LogP contribution in [0.1, 0.15) is 0 Å². The molecule has 102 valence electrons. The van der Waals surface area contributed by atoms with Gasteiger partial charge in [-0.05, 0) is 24.3 Å². The van der Waals surface area contributed by atoms with Gasteiger partial charge in [0.05, 0.1) is 4.90 Å². The zero-order chi connectivity index (χ0) is 14.0. The van der Waals surface area contributed by atoms with E-state index in [9.17, 15) is 21.6 Å². The van der Waals surface area contributed by atoms with Crippen molar-refractivity contribution in [2.45, 2.75) is 17.2 Å². The monoisotopic (exact) mass is 284 g/mol. The fourth-order valence-corrected chi connectivity index (χ4v) is 2.07. The van der Waals surface area contributed by atoms with Crippen LogP contribution in [-0.4, -0.2) is 32.3 Å². The van der Waals surface area contributed by atoms with Gasteiger partial charge >= 0.3 is 6.18 Å². The molecule has 1 aromatic carbocycles. The Hall–Kier alpha value is -1.32. The summed E-state index contributed by atoms with van der Waals surface area (Å²) in [6, 6.07) is 4.90. The van der Waals surface area contributed by atoms with E-state index in [1.54, 1.807) is 4.72 Å². The van der Waals surface area contributed by atoms with Crippen LogP contribution in [0.2, 0.25) is 0 Å². The van der Waals surface area contributed by atoms with E-state index in [2.05, 4.69) is 0 Å². The Labute approximate surface area is 101 Å². The lowest BCUT2D eigenvalue weighted by molar-refractivity contribution is -0.200. The Morgan fingerprint density at radius 3 is 2.22 bits per heavy atom. The van der Waals surface area contributed by atoms with E-state index in [0.29, 0.717) is 5.69 Å². The van der Waals surface area contributed by atoms with Gasteiger partial charge in [0.1, 0.15) is 0 Å². The highest BCUT2D eigenvalue weighted by atomic mass is 32.2. The summed E-state index contributed by atoms with van der Waals surface area (Å²) < 4.78 is 60.7. The van der Waals surface area contributed by atoms with Crippen LogP contribution in [0.15, 0.2) is 29.2 Å². The maximum absolute atomic E-state index is 12.0. The minimum Gasteiger partial charge on any atom is -0.399 e. The van der Waals surface area contributed by atoms with Crippen molar-refractivity contribution in [2.75, 3.05) is 12.3 Å². The van der Waals surface area contributed by atoms with E-state index >= 15 is 0 Å². The van der Waals surface area contributed by atoms with Crippen LogP contribution >= 0.6 is 0 Å². The van der Waals surface area contributed by atoms with E-state index in [-0.39, 0.29) is 4.90 Å². The second-order valence-corrected chi connectivity index (χ2v) is 5.25. The molecule has 0 aliphatic carbocycles. The number of nitrogen functional groups attached to an aromatic ring is 1. The molecule has 0 saturated carbocycles. The van der Waals surface area contributed by atoms with Crippen molar-refractivity contribution in [3.63, 3.8) is 0 Å². The average Bonchev–Trinajstić information content (AvgIpc) is 2.25. The topological polar surface area (TPSA) is 92.4 Å². The molecule has 0 radical (unpaired) electrons. The number of alkyl halides is 3. The number of sulfonamides is 1. The zero-order valence-corrected chi connectivity index (χ0v) is 9.79. The van der Waals surface area contributed by atoms with Gasteiger partial charge in [-0.2, -0.15) is 13.2 Å². The second kappa shape index (κ2) is 5.12. The molecule has 0 bridgehead atoms. The number of anilines is 1. The Morgan fingerprint density at radius 2 is 1.78 bits per heavy atom. The number of aliphatic hydroxyl groups is 1. The van der Waals surface area contributed by atoms with Crippen LogP contribution in [0.4, 0.5) is 18.9 Å². The number of hydrogen-bond donors (Lipinski definition) is 3. The van der Waals surface area contributed by atoms with Crippen molar-refractivity contribution >= 4 is 15.7 Å². The third-order valence-corrected chi connectivity index (χ3v) is 3.47. The molecule has 18 heavy (non-hydrogen) atoms. The maximum atomic E-state index is 12.0. The Bertz CT molecular complexity index is 499. The lowest BCUT2D eigenvalue weighted by atomic mass is 10.3. The number of nitrogens with two attached hydrogens (primary N) is 1. The summed E-state index contributed by atoms with van der Waals surface area (Å²) in [6.07, 6.45) is -7.62. The van der Waals surface area contributed by atoms with Gasteiger partial charge in [0.15, 0.2) is 6.10 Å². The third kappa shape index (κ3) is 3.86. The molecule has 1 aromatic rings. The molecule has 4 N–H and O–H groups in total. The summed E-state index contributed by atoms with van der Waals surface area (Å²) >= 11 is 0. The van der Waals surface area contributed by atoms with E-state index in [1.165, 1.54) is 12.1 Å². The normalized spacial score (nSPS) is 14.4. The highest BCUT2D eigenvalue weighted by Gasteiger charge is 2.38. The molecule has 0 spiro atoms. The third-order valence-electron chi connectivity index (χ3n) is 2.03. The highest BCUT2D eigenvalue weighted by molar-refractivity contribution is 7.89. The first-order chi connectivity index (χ1) is 8.13. The van der Waals surface area contributed by atoms with Crippen molar-refractivity contribution in [3.05, 3.63) is 24.3 Å². The number of nitrogens with one attached hydrogen (secondary N) is 1. The molecule has 1 rings (SSSR count). The minimum absolute atomic E-state index is 0.230. The first-order valence-electron chi connectivity index (χ1n) is 4.73. The van der Waals surface area contributed by atoms with E-state index in [4.69, 9.17) is 10.8 Å². The van der Waals surface area contributed by atoms with Gasteiger partial charge in [0.25, 0.3) is 0 Å². The Balaban J connectivity index is 2.75. The minimum atomic E-state index is -4.87. The van der Waals surface area contributed by atoms with Gasteiger partial charge < -0.3 is 10.8 Å². The number of aliphatic hydroxyl groups excluding tert-OH is 1. The Kier molecular flexibility index (Phi) is 4.20. The van der Waals surface area contributed by atoms with Crippen LogP contribution < -0.4 is 10.5 Å². The SMILES string of the molecule is Nc1ccc(S(=O)(=O)NCC(O)C(F)(F)F)cc1. The predicted molar refractivity (Wildman–Crippen MR) is 58.1 cm³/mol. The van der Waals surface area contributed by atoms with Gasteiger partial charge in [-0.3, -0.25) is 0 Å². The first kappa shape index (κ1) is 14.7. The lowest BCUT2D eigenvalue weighted by Crippen LogP contribution is -2.40. The molecule has 5 nitrogen and oxygen atoms in total. The number of benzene rings is 1. The zero-order valence-electron chi connectivity index (χ0n) is 8.98. The largest absolute Gasteiger partial charge is 0.415 e. The summed E-state index contributed by atoms with van der Waals surface area (Å²) in [5, 5.41) is 8.67. The van der Waals surface area contributed by atoms with Gasteiger partial charge in [-0.25, -0.2) is 13.1 Å². The Morgan fingerprint density at radius 1 is 1.28 bits per heavy atom. The molecule has 0 aliphatic heterocycles. The quantitative estimate of drug-likeness (QED) is 0.701. The summed E-state index contributed by atoms with van der Waals surface area (Å²) in [6.45, 7) is -1.14. The molecule has 0 aromatic heterocycles. The van der Waals surface area contributed by atoms with E-state index in [0.717, 1.165) is 12.1 Å². The summed E-state index contributed by atoms with van der Waals surface area (Å²) in [5.41, 5.74) is 5.67. The molecule has 9 heteroatoms. The summed E-state index contributed by atoms with van der Waals surface area (Å²) in [4.78, 5) is -0.230. The molecule has 0 amide bonds. The molecule has 0 aliphatic rings. The summed E-state index contributed by atoms with van der Waals surface area (Å²) in [7, 11) is -4.10. The van der Waals surface area contributed by atoms with Crippen LogP contribution in [0, 0.1) is 0 Å². The van der Waals surface area contributed by atoms with Crippen molar-refractivity contribution in [3.8, 4) is 0 Å². The highest BCUT2D eigenvalue weighted by Crippen LogP contribution is 2.20. The summed E-state index contributed by atoms with van der Waals surface area (Å²) in [5.74, 6) is 0. The fourth-order valence-electron chi connectivity index (χ4n) is 1.03. The molecule has 0 fully saturated rings. The van der Waals surface area contributed by atoms with Gasteiger partial charge in [-0.1, -0.05) is 0 Å².